The van der Waals surface area contributed by atoms with Gasteiger partial charge in [-0.3, -0.25) is 0 Å². The standard InChI is InChI=1S/C10H13NO2/c12-8-1-2-9-7(5-8)3-4-11-6-10(9)13/h1-2,5,10-13H,3-4,6H2. The van der Waals surface area contributed by atoms with E-state index in [-0.39, 0.29) is 5.75 Å². The van der Waals surface area contributed by atoms with Crippen molar-refractivity contribution in [1.29, 1.82) is 0 Å². The summed E-state index contributed by atoms with van der Waals surface area (Å²) in [4.78, 5) is 0. The number of phenols is 1. The summed E-state index contributed by atoms with van der Waals surface area (Å²) in [6.07, 6.45) is 0.416. The second kappa shape index (κ2) is 3.36. The van der Waals surface area contributed by atoms with Crippen LogP contribution in [0.5, 0.6) is 5.75 Å². The fourth-order valence-electron chi connectivity index (χ4n) is 1.71. The smallest absolute Gasteiger partial charge is 0.115 e. The second-order valence-electron chi connectivity index (χ2n) is 3.35. The lowest BCUT2D eigenvalue weighted by Crippen LogP contribution is -2.19. The fourth-order valence-corrected chi connectivity index (χ4v) is 1.71. The highest BCUT2D eigenvalue weighted by Gasteiger charge is 2.15. The molecule has 3 nitrogen and oxygen atoms in total. The average Bonchev–Trinajstić information content (AvgIpc) is 2.28. The molecule has 0 bridgehead atoms. The molecule has 1 aromatic rings. The van der Waals surface area contributed by atoms with Crippen LogP contribution in [0.15, 0.2) is 18.2 Å². The van der Waals surface area contributed by atoms with E-state index in [2.05, 4.69) is 5.32 Å². The van der Waals surface area contributed by atoms with Gasteiger partial charge in [-0.1, -0.05) is 6.07 Å². The molecule has 0 amide bonds. The molecule has 0 radical (unpaired) electrons. The number of benzene rings is 1. The zero-order chi connectivity index (χ0) is 9.26. The molecule has 0 aromatic heterocycles. The van der Waals surface area contributed by atoms with Crippen LogP contribution in [0.2, 0.25) is 0 Å². The van der Waals surface area contributed by atoms with Gasteiger partial charge in [0.2, 0.25) is 0 Å². The molecular formula is C10H13NO2. The van der Waals surface area contributed by atoms with Crippen molar-refractivity contribution in [3.8, 4) is 5.75 Å². The first-order chi connectivity index (χ1) is 6.27. The number of hydrogen-bond acceptors (Lipinski definition) is 3. The number of β-amino-alcohol motifs (C(OH)–C–C–N with tert-alkyl or cyclic N) is 1. The maximum atomic E-state index is 9.69. The predicted molar refractivity (Wildman–Crippen MR) is 49.6 cm³/mol. The van der Waals surface area contributed by atoms with E-state index in [1.165, 1.54) is 0 Å². The van der Waals surface area contributed by atoms with Gasteiger partial charge in [0.15, 0.2) is 0 Å². The Balaban J connectivity index is 2.42. The Morgan fingerprint density at radius 3 is 3.08 bits per heavy atom. The summed E-state index contributed by atoms with van der Waals surface area (Å²) in [5.74, 6) is 0.271. The van der Waals surface area contributed by atoms with Gasteiger partial charge in [0.25, 0.3) is 0 Å². The Morgan fingerprint density at radius 2 is 2.23 bits per heavy atom. The van der Waals surface area contributed by atoms with E-state index < -0.39 is 6.10 Å². The molecule has 13 heavy (non-hydrogen) atoms. The molecule has 0 saturated heterocycles. The SMILES string of the molecule is Oc1ccc2c(c1)CCNCC2O. The first-order valence-corrected chi connectivity index (χ1v) is 4.48. The van der Waals surface area contributed by atoms with Crippen LogP contribution in [-0.2, 0) is 6.42 Å². The summed E-state index contributed by atoms with van der Waals surface area (Å²) in [6.45, 7) is 1.45. The summed E-state index contributed by atoms with van der Waals surface area (Å²) in [7, 11) is 0. The Bertz CT molecular complexity index is 312. The number of phenolic OH excluding ortho intramolecular Hbond substituents is 1. The number of rotatable bonds is 0. The van der Waals surface area contributed by atoms with E-state index in [9.17, 15) is 10.2 Å². The minimum atomic E-state index is -0.446. The van der Waals surface area contributed by atoms with Crippen molar-refractivity contribution in [2.24, 2.45) is 0 Å². The van der Waals surface area contributed by atoms with Crippen LogP contribution in [0.3, 0.4) is 0 Å². The topological polar surface area (TPSA) is 52.5 Å². The molecule has 0 saturated carbocycles. The van der Waals surface area contributed by atoms with Gasteiger partial charge in [-0.15, -0.1) is 0 Å². The number of aromatic hydroxyl groups is 1. The van der Waals surface area contributed by atoms with Crippen molar-refractivity contribution < 1.29 is 10.2 Å². The molecule has 1 heterocycles. The molecule has 1 aliphatic rings. The van der Waals surface area contributed by atoms with Crippen LogP contribution in [0, 0.1) is 0 Å². The summed E-state index contributed by atoms with van der Waals surface area (Å²) >= 11 is 0. The maximum absolute atomic E-state index is 9.69. The van der Waals surface area contributed by atoms with Crippen molar-refractivity contribution in [2.45, 2.75) is 12.5 Å². The van der Waals surface area contributed by atoms with Gasteiger partial charge in [0.05, 0.1) is 6.10 Å². The van der Waals surface area contributed by atoms with Crippen LogP contribution in [0.25, 0.3) is 0 Å². The van der Waals surface area contributed by atoms with Crippen molar-refractivity contribution in [3.05, 3.63) is 29.3 Å². The van der Waals surface area contributed by atoms with Gasteiger partial charge in [-0.2, -0.15) is 0 Å². The zero-order valence-electron chi connectivity index (χ0n) is 7.33. The van der Waals surface area contributed by atoms with Crippen LogP contribution >= 0.6 is 0 Å². The second-order valence-corrected chi connectivity index (χ2v) is 3.35. The first kappa shape index (κ1) is 8.53. The van der Waals surface area contributed by atoms with Gasteiger partial charge in [0, 0.05) is 6.54 Å². The fraction of sp³-hybridized carbons (Fsp3) is 0.400. The molecule has 1 atom stereocenters. The molecule has 70 valence electrons. The van der Waals surface area contributed by atoms with Crippen LogP contribution in [-0.4, -0.2) is 23.3 Å². The molecule has 0 fully saturated rings. The third kappa shape index (κ3) is 1.66. The molecule has 3 N–H and O–H groups in total. The number of hydrogen-bond donors (Lipinski definition) is 3. The zero-order valence-corrected chi connectivity index (χ0v) is 7.33. The summed E-state index contributed by atoms with van der Waals surface area (Å²) in [5.41, 5.74) is 1.97. The van der Waals surface area contributed by atoms with Gasteiger partial charge >= 0.3 is 0 Å². The Hall–Kier alpha value is -1.06. The van der Waals surface area contributed by atoms with Crippen LogP contribution in [0.1, 0.15) is 17.2 Å². The largest absolute Gasteiger partial charge is 0.508 e. The van der Waals surface area contributed by atoms with Crippen LogP contribution < -0.4 is 5.32 Å². The molecular weight excluding hydrogens is 166 g/mol. The minimum absolute atomic E-state index is 0.271. The summed E-state index contributed by atoms with van der Waals surface area (Å²) in [6, 6.07) is 5.14. The number of nitrogens with one attached hydrogen (secondary N) is 1. The first-order valence-electron chi connectivity index (χ1n) is 4.48. The van der Waals surface area contributed by atoms with Gasteiger partial charge in [-0.05, 0) is 36.2 Å². The summed E-state index contributed by atoms with van der Waals surface area (Å²) < 4.78 is 0. The minimum Gasteiger partial charge on any atom is -0.508 e. The van der Waals surface area contributed by atoms with Crippen molar-refractivity contribution in [3.63, 3.8) is 0 Å². The van der Waals surface area contributed by atoms with Crippen LogP contribution in [0.4, 0.5) is 0 Å². The normalized spacial score (nSPS) is 22.1. The Kier molecular flexibility index (Phi) is 2.20. The van der Waals surface area contributed by atoms with E-state index in [0.717, 1.165) is 24.1 Å². The van der Waals surface area contributed by atoms with Gasteiger partial charge in [-0.25, -0.2) is 0 Å². The third-order valence-electron chi connectivity index (χ3n) is 2.39. The number of aliphatic hydroxyl groups excluding tert-OH is 1. The van der Waals surface area contributed by atoms with Crippen molar-refractivity contribution in [2.75, 3.05) is 13.1 Å². The molecule has 1 unspecified atom stereocenters. The highest BCUT2D eigenvalue weighted by molar-refractivity contribution is 5.37. The lowest BCUT2D eigenvalue weighted by Gasteiger charge is -2.10. The molecule has 2 rings (SSSR count). The monoisotopic (exact) mass is 179 g/mol. The van der Waals surface area contributed by atoms with Gasteiger partial charge in [0.1, 0.15) is 5.75 Å². The van der Waals surface area contributed by atoms with E-state index in [1.807, 2.05) is 0 Å². The van der Waals surface area contributed by atoms with Crippen molar-refractivity contribution in [1.82, 2.24) is 5.32 Å². The van der Waals surface area contributed by atoms with Crippen molar-refractivity contribution >= 4 is 0 Å². The lowest BCUT2D eigenvalue weighted by molar-refractivity contribution is 0.178. The van der Waals surface area contributed by atoms with E-state index in [1.54, 1.807) is 18.2 Å². The van der Waals surface area contributed by atoms with Gasteiger partial charge < -0.3 is 15.5 Å². The number of fused-ring (bicyclic) bond motifs is 1. The lowest BCUT2D eigenvalue weighted by atomic mass is 10.0. The Labute approximate surface area is 77.0 Å². The van der Waals surface area contributed by atoms with E-state index in [0.29, 0.717) is 6.54 Å². The summed E-state index contributed by atoms with van der Waals surface area (Å²) in [5, 5.41) is 22.1. The average molecular weight is 179 g/mol. The molecule has 1 aliphatic heterocycles. The predicted octanol–water partition coefficient (Wildman–Crippen LogP) is 0.571. The molecule has 3 heteroatoms. The van der Waals surface area contributed by atoms with E-state index in [4.69, 9.17) is 0 Å². The highest BCUT2D eigenvalue weighted by Crippen LogP contribution is 2.24. The molecule has 0 spiro atoms. The third-order valence-corrected chi connectivity index (χ3v) is 2.39. The Morgan fingerprint density at radius 1 is 1.38 bits per heavy atom. The highest BCUT2D eigenvalue weighted by atomic mass is 16.3. The maximum Gasteiger partial charge on any atom is 0.115 e. The molecule has 0 aliphatic carbocycles. The quantitative estimate of drug-likeness (QED) is 0.546. The molecule has 1 aromatic carbocycles. The van der Waals surface area contributed by atoms with E-state index >= 15 is 0 Å². The number of aliphatic hydroxyl groups is 1.